The second-order valence-corrected chi connectivity index (χ2v) is 23.9. The monoisotopic (exact) mass is 1290 g/mol. The van der Waals surface area contributed by atoms with Crippen molar-refractivity contribution in [1.29, 1.82) is 0 Å². The Balaban J connectivity index is 0.00000523. The molecule has 0 spiro atoms. The molecule has 2 fully saturated rings. The van der Waals surface area contributed by atoms with Crippen LogP contribution in [0.3, 0.4) is 0 Å². The number of phenolic OH excluding ortho intramolecular Hbond substituents is 4. The quantitative estimate of drug-likeness (QED) is 0.0398. The van der Waals surface area contributed by atoms with E-state index in [4.69, 9.17) is 28.4 Å². The maximum atomic E-state index is 14.3. The Morgan fingerprint density at radius 2 is 0.922 bits per heavy atom. The van der Waals surface area contributed by atoms with E-state index in [0.717, 1.165) is 0 Å². The van der Waals surface area contributed by atoms with E-state index >= 15 is 0 Å². The van der Waals surface area contributed by atoms with Crippen LogP contribution >= 0.6 is 24.8 Å². The standard InChI is InChI=1S/C62H72N6O20.2ClH/c1-25-51(71)33(67(5)6)19-41(85-25)87-37-23-61(81,21-31-45(37)59(79)49-47(55(31)75)53(73)29-13-11-15-35(83-9)43(29)57(49)77)27(3)63-65-39(69)17-18-40(70)66-64-28(4)62(82)22-32-46(38(24-62)88-42-20-34(68(7)8)52(72)26(2)86-42)60(80)50-48(56(32)76)54(74)30-14-12-16-36(84-10)44(30)58(50)78;;/h11-16,25-26,33-34,37-38,41-42,51-52,71-72,75-76,79-82H,17-24H2,1-10H3,(H,65,69)(H,66,70);2*1H. The molecule has 486 valence electrons. The van der Waals surface area contributed by atoms with Gasteiger partial charge >= 0.3 is 0 Å². The maximum absolute atomic E-state index is 14.3. The van der Waals surface area contributed by atoms with E-state index in [2.05, 4.69) is 21.1 Å². The van der Waals surface area contributed by atoms with E-state index in [9.17, 15) is 69.6 Å². The summed E-state index contributed by atoms with van der Waals surface area (Å²) in [6.07, 6.45) is -10.9. The Morgan fingerprint density at radius 3 is 1.26 bits per heavy atom. The van der Waals surface area contributed by atoms with Gasteiger partial charge in [-0.05, 0) is 68.0 Å². The molecule has 90 heavy (non-hydrogen) atoms. The van der Waals surface area contributed by atoms with Gasteiger partial charge in [-0.1, -0.05) is 24.3 Å². The second kappa shape index (κ2) is 26.2. The van der Waals surface area contributed by atoms with Crippen LogP contribution in [-0.4, -0.2) is 200 Å². The SMILES string of the molecule is COc1cccc2c1C(=O)c1c(O)c3c(c(O)c1C2=O)CC(O)(C(C)=NNC(=O)CCC(=O)NN=C(C)C1(O)Cc2c(O)c4c(c(O)c2C(OC2CC(N(C)C)C(O)C(C)O2)C1)C(=O)c1c(OC)cccc1C4=O)CC3OC1CC(N(C)C)C(O)C(C)O1.Cl.Cl. The fourth-order valence-electron chi connectivity index (χ4n) is 13.1. The molecule has 4 aromatic carbocycles. The first-order valence-electron chi connectivity index (χ1n) is 28.7. The van der Waals surface area contributed by atoms with Gasteiger partial charge in [-0.15, -0.1) is 24.8 Å². The number of amides is 2. The van der Waals surface area contributed by atoms with Crippen molar-refractivity contribution in [2.45, 2.75) is 152 Å². The van der Waals surface area contributed by atoms with Crippen LogP contribution < -0.4 is 20.3 Å². The Bertz CT molecular complexity index is 3420. The Labute approximate surface area is 529 Å². The lowest BCUT2D eigenvalue weighted by molar-refractivity contribution is -0.255. The van der Waals surface area contributed by atoms with Crippen molar-refractivity contribution < 1.29 is 98.0 Å². The summed E-state index contributed by atoms with van der Waals surface area (Å²) in [6.45, 7) is 6.03. The van der Waals surface area contributed by atoms with E-state index in [1.54, 1.807) is 51.8 Å². The highest BCUT2D eigenvalue weighted by molar-refractivity contribution is 6.32. The molecule has 2 aliphatic heterocycles. The molecule has 4 aromatic rings. The van der Waals surface area contributed by atoms with E-state index in [1.807, 2.05) is 0 Å². The highest BCUT2D eigenvalue weighted by atomic mass is 35.5. The fourth-order valence-corrected chi connectivity index (χ4v) is 13.1. The molecule has 0 aromatic heterocycles. The predicted molar refractivity (Wildman–Crippen MR) is 325 cm³/mol. The number of aliphatic hydroxyl groups excluding tert-OH is 2. The number of likely N-dealkylation sites (N-methyl/N-ethyl adjacent to an activating group) is 2. The number of benzene rings is 4. The molecule has 10 rings (SSSR count). The average Bonchev–Trinajstić information content (AvgIpc) is 0.720. The fraction of sp³-hybridized carbons (Fsp3) is 0.484. The van der Waals surface area contributed by atoms with Gasteiger partial charge in [0, 0.05) is 96.8 Å². The van der Waals surface area contributed by atoms with Gasteiger partial charge in [0.25, 0.3) is 0 Å². The molecule has 4 aliphatic carbocycles. The van der Waals surface area contributed by atoms with Crippen molar-refractivity contribution in [2.75, 3.05) is 42.4 Å². The summed E-state index contributed by atoms with van der Waals surface area (Å²) in [7, 11) is 9.68. The van der Waals surface area contributed by atoms with Gasteiger partial charge in [0.15, 0.2) is 24.1 Å². The number of ether oxygens (including phenoxy) is 6. The highest BCUT2D eigenvalue weighted by Gasteiger charge is 2.52. The lowest BCUT2D eigenvalue weighted by Crippen LogP contribution is -2.54. The Kier molecular flexibility index (Phi) is 20.0. The number of halogens is 2. The number of carbonyl (C=O) groups is 6. The molecule has 0 radical (unpaired) electrons. The first kappa shape index (κ1) is 68.7. The van der Waals surface area contributed by atoms with Gasteiger partial charge in [-0.2, -0.15) is 10.2 Å². The summed E-state index contributed by atoms with van der Waals surface area (Å²) < 4.78 is 35.9. The average molecular weight is 1290 g/mol. The summed E-state index contributed by atoms with van der Waals surface area (Å²) >= 11 is 0. The van der Waals surface area contributed by atoms with Crippen LogP contribution in [0.1, 0.15) is 164 Å². The van der Waals surface area contributed by atoms with Crippen molar-refractivity contribution in [1.82, 2.24) is 20.7 Å². The number of methoxy groups -OCH3 is 2. The molecule has 0 bridgehead atoms. The van der Waals surface area contributed by atoms with Crippen LogP contribution in [0.15, 0.2) is 46.6 Å². The van der Waals surface area contributed by atoms with Gasteiger partial charge in [0.2, 0.25) is 23.4 Å². The molecule has 0 saturated carbocycles. The van der Waals surface area contributed by atoms with Crippen molar-refractivity contribution in [3.63, 3.8) is 0 Å². The molecule has 12 unspecified atom stereocenters. The van der Waals surface area contributed by atoms with Crippen LogP contribution in [0.2, 0.25) is 0 Å². The summed E-state index contributed by atoms with van der Waals surface area (Å²) in [5, 5.41) is 104. The number of hydrazone groups is 2. The molecule has 2 amide bonds. The van der Waals surface area contributed by atoms with Crippen LogP contribution in [-0.2, 0) is 41.4 Å². The molecule has 12 atom stereocenters. The molecular weight excluding hydrogens is 1220 g/mol. The van der Waals surface area contributed by atoms with E-state index in [1.165, 1.54) is 64.5 Å². The molecular formula is C62H74Cl2N6O20. The van der Waals surface area contributed by atoms with Crippen molar-refractivity contribution in [3.05, 3.63) is 103 Å². The van der Waals surface area contributed by atoms with Crippen LogP contribution in [0.4, 0.5) is 0 Å². The highest BCUT2D eigenvalue weighted by Crippen LogP contribution is 2.55. The smallest absolute Gasteiger partial charge is 0.240 e. The number of ketones is 4. The third-order valence-electron chi connectivity index (χ3n) is 18.1. The van der Waals surface area contributed by atoms with Crippen molar-refractivity contribution in [2.24, 2.45) is 10.2 Å². The van der Waals surface area contributed by atoms with Crippen molar-refractivity contribution in [3.8, 4) is 34.5 Å². The first-order valence-corrected chi connectivity index (χ1v) is 28.7. The lowest BCUT2D eigenvalue weighted by Gasteiger charge is -2.44. The van der Waals surface area contributed by atoms with Gasteiger partial charge in [-0.25, -0.2) is 10.9 Å². The third kappa shape index (κ3) is 11.9. The minimum Gasteiger partial charge on any atom is -0.507 e. The summed E-state index contributed by atoms with van der Waals surface area (Å²) in [5.74, 6) is -7.52. The summed E-state index contributed by atoms with van der Waals surface area (Å²) in [4.78, 5) is 87.3. The second-order valence-electron chi connectivity index (χ2n) is 23.9. The minimum atomic E-state index is -2.10. The third-order valence-corrected chi connectivity index (χ3v) is 18.1. The number of phenols is 4. The molecule has 28 heteroatoms. The molecule has 2 heterocycles. The van der Waals surface area contributed by atoms with Gasteiger partial charge in [-0.3, -0.25) is 28.8 Å². The largest absolute Gasteiger partial charge is 0.507 e. The van der Waals surface area contributed by atoms with Gasteiger partial charge in [0.05, 0.1) is 95.6 Å². The molecule has 6 aliphatic rings. The predicted octanol–water partition coefficient (Wildman–Crippen LogP) is 3.71. The van der Waals surface area contributed by atoms with Gasteiger partial charge in [0.1, 0.15) is 45.7 Å². The van der Waals surface area contributed by atoms with Crippen molar-refractivity contribution >= 4 is 71.2 Å². The zero-order valence-corrected chi connectivity index (χ0v) is 52.6. The number of rotatable bonds is 15. The zero-order chi connectivity index (χ0) is 63.9. The lowest BCUT2D eigenvalue weighted by atomic mass is 9.71. The number of hydrogen-bond donors (Lipinski definition) is 10. The Hall–Kier alpha value is -7.18. The van der Waals surface area contributed by atoms with Gasteiger partial charge < -0.3 is 79.1 Å². The summed E-state index contributed by atoms with van der Waals surface area (Å²) in [6, 6.07) is 7.75. The number of hydrogen-bond acceptors (Lipinski definition) is 24. The molecule has 26 nitrogen and oxygen atoms in total. The first-order chi connectivity index (χ1) is 41.6. The van der Waals surface area contributed by atoms with E-state index in [-0.39, 0.29) is 105 Å². The van der Waals surface area contributed by atoms with Crippen LogP contribution in [0.5, 0.6) is 34.5 Å². The number of aliphatic hydroxyl groups is 4. The number of carbonyl (C=O) groups excluding carboxylic acids is 6. The van der Waals surface area contributed by atoms with E-state index < -0.39 is 191 Å². The molecule has 10 N–H and O–H groups in total. The normalized spacial score (nSPS) is 27.9. The van der Waals surface area contributed by atoms with E-state index in [0.29, 0.717) is 0 Å². The number of nitrogens with zero attached hydrogens (tertiary/aromatic N) is 4. The van der Waals surface area contributed by atoms with Crippen LogP contribution in [0, 0.1) is 0 Å². The van der Waals surface area contributed by atoms with Crippen LogP contribution in [0.25, 0.3) is 0 Å². The minimum absolute atomic E-state index is 0. The maximum Gasteiger partial charge on any atom is 0.240 e. The number of aromatic hydroxyl groups is 4. The molecule has 2 saturated heterocycles. The number of fused-ring (bicyclic) bond motifs is 6. The number of nitrogens with one attached hydrogen (secondary N) is 2. The summed E-state index contributed by atoms with van der Waals surface area (Å²) in [5.41, 5.74) is -2.81. The Morgan fingerprint density at radius 1 is 0.578 bits per heavy atom. The zero-order valence-electron chi connectivity index (χ0n) is 51.0. The topological polar surface area (TPSA) is 375 Å².